The smallest absolute Gasteiger partial charge is 0.411 e. The Hall–Kier alpha value is -3.68. The lowest BCUT2D eigenvalue weighted by Crippen LogP contribution is -2.53. The third-order valence-electron chi connectivity index (χ3n) is 7.76. The highest BCUT2D eigenvalue weighted by Crippen LogP contribution is 2.44. The molecule has 2 aliphatic heterocycles. The molecule has 0 bridgehead atoms. The molecular weight excluding hydrogens is 665 g/mol. The van der Waals surface area contributed by atoms with E-state index < -0.39 is 65.4 Å². The number of benzene rings is 3. The monoisotopic (exact) mass is 690 g/mol. The Kier molecular flexibility index (Phi) is 9.95. The standard InChI is InChI=1S/C31H26Cl2F6N2O5/c1-44-30(43)24(9-15-4-5-19(28-18(15)3-2-7-46-28)26-20(32)10-16(34)11-21(26)33)40-29(42)27-22(35)12-17(13-23(27)36)41-6-8-45-14-25(41)31(37,38)39/h4-5,10-13,24-25H,2-3,6-9,14H2,1H3,(H,40,42)/t24-,25+/m0/s1. The molecule has 2 aliphatic rings. The average Bonchev–Trinajstić information content (AvgIpc) is 3.00. The van der Waals surface area contributed by atoms with Crippen LogP contribution < -0.4 is 15.0 Å². The lowest BCUT2D eigenvalue weighted by atomic mass is 9.90. The number of esters is 1. The number of carbonyl (C=O) groups is 2. The third kappa shape index (κ3) is 6.86. The van der Waals surface area contributed by atoms with Gasteiger partial charge in [-0.2, -0.15) is 13.2 Å². The number of nitrogens with zero attached hydrogens (tertiary/aromatic N) is 1. The quantitative estimate of drug-likeness (QED) is 0.220. The summed E-state index contributed by atoms with van der Waals surface area (Å²) in [5, 5.41) is 2.39. The van der Waals surface area contributed by atoms with Crippen LogP contribution >= 0.6 is 23.2 Å². The van der Waals surface area contributed by atoms with Gasteiger partial charge in [0.15, 0.2) is 0 Å². The average molecular weight is 691 g/mol. The van der Waals surface area contributed by atoms with Crippen molar-refractivity contribution in [3.63, 3.8) is 0 Å². The summed E-state index contributed by atoms with van der Waals surface area (Å²) in [7, 11) is 1.07. The SMILES string of the molecule is COC(=O)[C@H](Cc1ccc(-c2c(Cl)cc(F)cc2Cl)c2c1CCCO2)NC(=O)c1c(F)cc(N2CCOC[C@@H]2C(F)(F)F)cc1F. The second-order valence-corrected chi connectivity index (χ2v) is 11.5. The Balaban J connectivity index is 1.44. The number of methoxy groups -OCH3 is 1. The lowest BCUT2D eigenvalue weighted by molar-refractivity contribution is -0.167. The molecule has 0 saturated carbocycles. The zero-order chi connectivity index (χ0) is 33.3. The number of halogens is 8. The molecule has 0 radical (unpaired) electrons. The lowest BCUT2D eigenvalue weighted by Gasteiger charge is -2.38. The van der Waals surface area contributed by atoms with Gasteiger partial charge in [-0.1, -0.05) is 35.3 Å². The van der Waals surface area contributed by atoms with Crippen molar-refractivity contribution in [2.45, 2.75) is 37.5 Å². The number of morpholine rings is 1. The number of amides is 1. The molecule has 3 aromatic carbocycles. The maximum Gasteiger partial charge on any atom is 0.411 e. The van der Waals surface area contributed by atoms with Crippen molar-refractivity contribution in [2.24, 2.45) is 0 Å². The van der Waals surface area contributed by atoms with Gasteiger partial charge in [0.2, 0.25) is 0 Å². The van der Waals surface area contributed by atoms with Crippen LogP contribution in [0, 0.1) is 17.5 Å². The van der Waals surface area contributed by atoms with E-state index in [-0.39, 0.29) is 29.6 Å². The first-order valence-electron chi connectivity index (χ1n) is 14.0. The van der Waals surface area contributed by atoms with Crippen molar-refractivity contribution >= 4 is 40.8 Å². The highest BCUT2D eigenvalue weighted by atomic mass is 35.5. The van der Waals surface area contributed by atoms with Gasteiger partial charge < -0.3 is 24.4 Å². The number of fused-ring (bicyclic) bond motifs is 1. The van der Waals surface area contributed by atoms with Crippen molar-refractivity contribution in [3.8, 4) is 16.9 Å². The Labute approximate surface area is 269 Å². The first-order valence-corrected chi connectivity index (χ1v) is 14.8. The third-order valence-corrected chi connectivity index (χ3v) is 8.35. The van der Waals surface area contributed by atoms with Gasteiger partial charge >= 0.3 is 12.1 Å². The largest absolute Gasteiger partial charge is 0.493 e. The molecule has 15 heteroatoms. The molecule has 0 aromatic heterocycles. The van der Waals surface area contributed by atoms with Crippen LogP contribution in [0.3, 0.4) is 0 Å². The summed E-state index contributed by atoms with van der Waals surface area (Å²) in [6, 6.07) is 3.15. The maximum absolute atomic E-state index is 15.2. The second kappa shape index (κ2) is 13.6. The Morgan fingerprint density at radius 3 is 2.37 bits per heavy atom. The number of hydrogen-bond donors (Lipinski definition) is 1. The van der Waals surface area contributed by atoms with Crippen LogP contribution in [-0.4, -0.2) is 63.6 Å². The van der Waals surface area contributed by atoms with Crippen LogP contribution in [0.4, 0.5) is 32.0 Å². The summed E-state index contributed by atoms with van der Waals surface area (Å²) in [6.07, 6.45) is -3.83. The van der Waals surface area contributed by atoms with Gasteiger partial charge in [0.05, 0.1) is 37.0 Å². The summed E-state index contributed by atoms with van der Waals surface area (Å²) < 4.78 is 101. The summed E-state index contributed by atoms with van der Waals surface area (Å²) in [5.74, 6) is -5.33. The van der Waals surface area contributed by atoms with Gasteiger partial charge in [0, 0.05) is 29.8 Å². The van der Waals surface area contributed by atoms with Crippen LogP contribution in [0.25, 0.3) is 11.1 Å². The fourth-order valence-electron chi connectivity index (χ4n) is 5.63. The minimum atomic E-state index is -4.74. The van der Waals surface area contributed by atoms with Crippen LogP contribution in [0.5, 0.6) is 5.75 Å². The number of anilines is 1. The first kappa shape index (κ1) is 33.7. The molecule has 0 spiro atoms. The van der Waals surface area contributed by atoms with Gasteiger partial charge in [-0.3, -0.25) is 4.79 Å². The van der Waals surface area contributed by atoms with E-state index in [9.17, 15) is 27.2 Å². The van der Waals surface area contributed by atoms with Crippen molar-refractivity contribution in [1.82, 2.24) is 5.32 Å². The summed E-state index contributed by atoms with van der Waals surface area (Å²) in [6.45, 7) is -0.765. The highest BCUT2D eigenvalue weighted by Gasteiger charge is 2.46. The van der Waals surface area contributed by atoms with Crippen molar-refractivity contribution < 1.29 is 50.1 Å². The maximum atomic E-state index is 15.2. The van der Waals surface area contributed by atoms with E-state index in [0.29, 0.717) is 59.6 Å². The molecule has 3 aromatic rings. The van der Waals surface area contributed by atoms with E-state index in [0.717, 1.165) is 24.1 Å². The second-order valence-electron chi connectivity index (χ2n) is 10.6. The molecule has 246 valence electrons. The molecule has 7 nitrogen and oxygen atoms in total. The molecule has 1 fully saturated rings. The van der Waals surface area contributed by atoms with E-state index in [1.54, 1.807) is 12.1 Å². The zero-order valence-electron chi connectivity index (χ0n) is 24.1. The molecule has 2 atom stereocenters. The van der Waals surface area contributed by atoms with Crippen LogP contribution in [0.1, 0.15) is 27.9 Å². The zero-order valence-corrected chi connectivity index (χ0v) is 25.6. The number of alkyl halides is 3. The Morgan fingerprint density at radius 2 is 1.74 bits per heavy atom. The first-order chi connectivity index (χ1) is 21.8. The topological polar surface area (TPSA) is 77.1 Å². The van der Waals surface area contributed by atoms with Crippen molar-refractivity contribution in [2.75, 3.05) is 38.4 Å². The van der Waals surface area contributed by atoms with E-state index in [2.05, 4.69) is 5.32 Å². The number of nitrogens with one attached hydrogen (secondary N) is 1. The number of hydrogen-bond acceptors (Lipinski definition) is 6. The van der Waals surface area contributed by atoms with E-state index >= 15 is 8.78 Å². The Bertz CT molecular complexity index is 1630. The minimum Gasteiger partial charge on any atom is -0.493 e. The molecular formula is C31H26Cl2F6N2O5. The molecule has 0 unspecified atom stereocenters. The highest BCUT2D eigenvalue weighted by molar-refractivity contribution is 6.39. The molecule has 1 saturated heterocycles. The van der Waals surface area contributed by atoms with Crippen LogP contribution in [-0.2, 0) is 27.1 Å². The van der Waals surface area contributed by atoms with E-state index in [1.807, 2.05) is 0 Å². The number of carbonyl (C=O) groups excluding carboxylic acids is 2. The summed E-state index contributed by atoms with van der Waals surface area (Å²) in [4.78, 5) is 26.7. The van der Waals surface area contributed by atoms with Gasteiger partial charge in [-0.25, -0.2) is 18.0 Å². The normalized spacial score (nSPS) is 17.2. The fourth-order valence-corrected chi connectivity index (χ4v) is 6.29. The van der Waals surface area contributed by atoms with E-state index in [4.69, 9.17) is 37.4 Å². The van der Waals surface area contributed by atoms with Crippen molar-refractivity contribution in [3.05, 3.63) is 80.6 Å². The van der Waals surface area contributed by atoms with Crippen LogP contribution in [0.15, 0.2) is 36.4 Å². The molecule has 2 heterocycles. The molecule has 0 aliphatic carbocycles. The summed E-state index contributed by atoms with van der Waals surface area (Å²) in [5.41, 5.74) is 0.482. The Morgan fingerprint density at radius 1 is 1.07 bits per heavy atom. The van der Waals surface area contributed by atoms with E-state index in [1.165, 1.54) is 0 Å². The predicted octanol–water partition coefficient (Wildman–Crippen LogP) is 6.68. The number of ether oxygens (including phenoxy) is 3. The van der Waals surface area contributed by atoms with Gasteiger partial charge in [-0.05, 0) is 48.2 Å². The molecule has 46 heavy (non-hydrogen) atoms. The molecule has 1 amide bonds. The minimum absolute atomic E-state index is 0.0476. The van der Waals surface area contributed by atoms with Crippen molar-refractivity contribution in [1.29, 1.82) is 0 Å². The van der Waals surface area contributed by atoms with Gasteiger partial charge in [0.25, 0.3) is 5.91 Å². The van der Waals surface area contributed by atoms with Gasteiger partial charge in [-0.15, -0.1) is 0 Å². The molecule has 1 N–H and O–H groups in total. The fraction of sp³-hybridized carbons (Fsp3) is 0.355. The van der Waals surface area contributed by atoms with Crippen LogP contribution in [0.2, 0.25) is 10.0 Å². The molecule has 5 rings (SSSR count). The van der Waals surface area contributed by atoms with Gasteiger partial charge in [0.1, 0.15) is 40.8 Å². The number of rotatable bonds is 7. The summed E-state index contributed by atoms with van der Waals surface area (Å²) >= 11 is 12.6. The predicted molar refractivity (Wildman–Crippen MR) is 157 cm³/mol.